The fourth-order valence-corrected chi connectivity index (χ4v) is 3.78. The van der Waals surface area contributed by atoms with Crippen LogP contribution < -0.4 is 10.1 Å². The molecule has 1 amide bonds. The zero-order chi connectivity index (χ0) is 18.7. The molecule has 1 N–H and O–H groups in total. The van der Waals surface area contributed by atoms with E-state index in [2.05, 4.69) is 24.1 Å². The first-order chi connectivity index (χ1) is 12.5. The summed E-state index contributed by atoms with van der Waals surface area (Å²) >= 11 is 1.42. The van der Waals surface area contributed by atoms with E-state index in [1.165, 1.54) is 11.3 Å². The van der Waals surface area contributed by atoms with Crippen LogP contribution in [-0.2, 0) is 0 Å². The van der Waals surface area contributed by atoms with Gasteiger partial charge in [-0.2, -0.15) is 0 Å². The van der Waals surface area contributed by atoms with Crippen LogP contribution in [0.25, 0.3) is 5.13 Å². The zero-order valence-corrected chi connectivity index (χ0v) is 16.2. The molecule has 26 heavy (non-hydrogen) atoms. The van der Waals surface area contributed by atoms with Gasteiger partial charge in [0.05, 0.1) is 18.8 Å². The minimum Gasteiger partial charge on any atom is -0.497 e. The van der Waals surface area contributed by atoms with Crippen LogP contribution in [0.1, 0.15) is 53.7 Å². The molecular weight excluding hydrogens is 346 g/mol. The molecule has 0 spiro atoms. The maximum absolute atomic E-state index is 12.9. The Balaban J connectivity index is 1.82. The van der Waals surface area contributed by atoms with Crippen LogP contribution in [-0.4, -0.2) is 22.6 Å². The van der Waals surface area contributed by atoms with Gasteiger partial charge in [0, 0.05) is 12.4 Å². The summed E-state index contributed by atoms with van der Waals surface area (Å²) in [6.45, 7) is 6.08. The van der Waals surface area contributed by atoms with Crippen molar-refractivity contribution >= 4 is 17.2 Å². The number of carbonyl (C=O) groups excluding carboxylic acids is 1. The Morgan fingerprint density at radius 1 is 1.15 bits per heavy atom. The Kier molecular flexibility index (Phi) is 5.42. The van der Waals surface area contributed by atoms with Gasteiger partial charge >= 0.3 is 0 Å². The lowest BCUT2D eigenvalue weighted by Gasteiger charge is -2.15. The van der Waals surface area contributed by atoms with Gasteiger partial charge in [0.25, 0.3) is 5.91 Å². The Morgan fingerprint density at radius 3 is 2.38 bits per heavy atom. The normalized spacial score (nSPS) is 12.2. The van der Waals surface area contributed by atoms with E-state index in [-0.39, 0.29) is 17.9 Å². The van der Waals surface area contributed by atoms with E-state index in [1.807, 2.05) is 60.3 Å². The zero-order valence-electron chi connectivity index (χ0n) is 15.4. The number of hydrogen-bond acceptors (Lipinski definition) is 4. The number of aromatic nitrogens is 2. The Labute approximate surface area is 157 Å². The SMILES string of the molecule is COc1ccc([C@H](C)NC(=O)c2sc(-n3cccc3)nc2C(C)C)cc1. The highest BCUT2D eigenvalue weighted by atomic mass is 32.1. The quantitative estimate of drug-likeness (QED) is 0.693. The summed E-state index contributed by atoms with van der Waals surface area (Å²) in [5.74, 6) is 0.883. The Hall–Kier alpha value is -2.60. The summed E-state index contributed by atoms with van der Waals surface area (Å²) in [5.41, 5.74) is 1.86. The van der Waals surface area contributed by atoms with E-state index >= 15 is 0 Å². The summed E-state index contributed by atoms with van der Waals surface area (Å²) in [5, 5.41) is 3.89. The number of ether oxygens (including phenoxy) is 1. The summed E-state index contributed by atoms with van der Waals surface area (Å²) in [7, 11) is 1.64. The van der Waals surface area contributed by atoms with Gasteiger partial charge in [0.1, 0.15) is 10.6 Å². The van der Waals surface area contributed by atoms with Crippen molar-refractivity contribution in [2.45, 2.75) is 32.7 Å². The van der Waals surface area contributed by atoms with Crippen molar-refractivity contribution in [3.63, 3.8) is 0 Å². The first-order valence-electron chi connectivity index (χ1n) is 8.58. The van der Waals surface area contributed by atoms with Gasteiger partial charge in [-0.25, -0.2) is 4.98 Å². The lowest BCUT2D eigenvalue weighted by Crippen LogP contribution is -2.26. The summed E-state index contributed by atoms with van der Waals surface area (Å²) < 4.78 is 7.11. The van der Waals surface area contributed by atoms with Crippen LogP contribution in [0, 0.1) is 0 Å². The van der Waals surface area contributed by atoms with Gasteiger partial charge in [-0.05, 0) is 42.7 Å². The van der Waals surface area contributed by atoms with Crippen LogP contribution in [0.15, 0.2) is 48.8 Å². The average molecular weight is 369 g/mol. The van der Waals surface area contributed by atoms with Crippen LogP contribution in [0.2, 0.25) is 0 Å². The minimum absolute atomic E-state index is 0.0899. The smallest absolute Gasteiger partial charge is 0.263 e. The van der Waals surface area contributed by atoms with E-state index in [0.29, 0.717) is 4.88 Å². The van der Waals surface area contributed by atoms with Crippen molar-refractivity contribution in [2.24, 2.45) is 0 Å². The van der Waals surface area contributed by atoms with Crippen molar-refractivity contribution in [3.8, 4) is 10.9 Å². The highest BCUT2D eigenvalue weighted by Crippen LogP contribution is 2.28. The van der Waals surface area contributed by atoms with Crippen LogP contribution >= 0.6 is 11.3 Å². The molecule has 0 fully saturated rings. The van der Waals surface area contributed by atoms with Gasteiger partial charge < -0.3 is 14.6 Å². The van der Waals surface area contributed by atoms with E-state index in [0.717, 1.165) is 22.1 Å². The summed E-state index contributed by atoms with van der Waals surface area (Å²) in [4.78, 5) is 18.2. The van der Waals surface area contributed by atoms with Gasteiger partial charge in [0.2, 0.25) is 0 Å². The molecule has 2 heterocycles. The summed E-state index contributed by atoms with van der Waals surface area (Å²) in [6, 6.07) is 11.5. The molecule has 136 valence electrons. The number of rotatable bonds is 6. The largest absolute Gasteiger partial charge is 0.497 e. The van der Waals surface area contributed by atoms with E-state index in [1.54, 1.807) is 7.11 Å². The molecule has 0 aliphatic carbocycles. The second-order valence-corrected chi connectivity index (χ2v) is 7.40. The number of nitrogens with zero attached hydrogens (tertiary/aromatic N) is 2. The molecule has 0 aliphatic rings. The third-order valence-electron chi connectivity index (χ3n) is 4.18. The number of benzene rings is 1. The molecular formula is C20H23N3O2S. The fourth-order valence-electron chi connectivity index (χ4n) is 2.68. The molecule has 0 unspecified atom stereocenters. The number of nitrogens with one attached hydrogen (secondary N) is 1. The minimum atomic E-state index is -0.106. The van der Waals surface area contributed by atoms with Crippen molar-refractivity contribution in [3.05, 3.63) is 64.9 Å². The average Bonchev–Trinajstić information content (AvgIpc) is 3.31. The first kappa shape index (κ1) is 18.2. The maximum atomic E-state index is 12.9. The highest BCUT2D eigenvalue weighted by molar-refractivity contribution is 7.16. The number of carbonyl (C=O) groups is 1. The molecule has 0 bridgehead atoms. The van der Waals surface area contributed by atoms with Gasteiger partial charge in [-0.15, -0.1) is 0 Å². The van der Waals surface area contributed by atoms with Gasteiger partial charge in [-0.3, -0.25) is 4.79 Å². The van der Waals surface area contributed by atoms with Crippen molar-refractivity contribution in [1.29, 1.82) is 0 Å². The standard InChI is InChI=1S/C20H23N3O2S/c1-13(2)17-18(26-20(22-17)23-11-5-6-12-23)19(24)21-14(3)15-7-9-16(25-4)10-8-15/h5-14H,1-4H3,(H,21,24)/t14-/m0/s1. The number of methoxy groups -OCH3 is 1. The van der Waals surface area contributed by atoms with Crippen LogP contribution in [0.5, 0.6) is 5.75 Å². The second kappa shape index (κ2) is 7.74. The molecule has 5 nitrogen and oxygen atoms in total. The number of hydrogen-bond donors (Lipinski definition) is 1. The molecule has 1 atom stereocenters. The number of thiazole rings is 1. The predicted octanol–water partition coefficient (Wildman–Crippen LogP) is 4.56. The molecule has 1 aromatic carbocycles. The first-order valence-corrected chi connectivity index (χ1v) is 9.40. The monoisotopic (exact) mass is 369 g/mol. The lowest BCUT2D eigenvalue weighted by atomic mass is 10.1. The van der Waals surface area contributed by atoms with Crippen molar-refractivity contribution in [2.75, 3.05) is 7.11 Å². The second-order valence-electron chi connectivity index (χ2n) is 6.42. The fraction of sp³-hybridized carbons (Fsp3) is 0.300. The van der Waals surface area contributed by atoms with E-state index < -0.39 is 0 Å². The Morgan fingerprint density at radius 2 is 1.81 bits per heavy atom. The van der Waals surface area contributed by atoms with Gasteiger partial charge in [0.15, 0.2) is 5.13 Å². The lowest BCUT2D eigenvalue weighted by molar-refractivity contribution is 0.0942. The molecule has 3 rings (SSSR count). The molecule has 0 aliphatic heterocycles. The summed E-state index contributed by atoms with van der Waals surface area (Å²) in [6.07, 6.45) is 3.87. The molecule has 3 aromatic rings. The van der Waals surface area contributed by atoms with E-state index in [4.69, 9.17) is 4.74 Å². The van der Waals surface area contributed by atoms with Gasteiger partial charge in [-0.1, -0.05) is 37.3 Å². The maximum Gasteiger partial charge on any atom is 0.263 e. The van der Waals surface area contributed by atoms with Crippen molar-refractivity contribution in [1.82, 2.24) is 14.9 Å². The van der Waals surface area contributed by atoms with Crippen LogP contribution in [0.4, 0.5) is 0 Å². The highest BCUT2D eigenvalue weighted by Gasteiger charge is 2.22. The topological polar surface area (TPSA) is 56.1 Å². The molecule has 6 heteroatoms. The Bertz CT molecular complexity index is 867. The van der Waals surface area contributed by atoms with Crippen molar-refractivity contribution < 1.29 is 9.53 Å². The molecule has 0 saturated carbocycles. The van der Waals surface area contributed by atoms with E-state index in [9.17, 15) is 4.79 Å². The third kappa shape index (κ3) is 3.80. The predicted molar refractivity (Wildman–Crippen MR) is 104 cm³/mol. The molecule has 0 radical (unpaired) electrons. The number of amides is 1. The molecule has 2 aromatic heterocycles. The third-order valence-corrected chi connectivity index (χ3v) is 5.27. The molecule has 0 saturated heterocycles. The van der Waals surface area contributed by atoms with Crippen LogP contribution in [0.3, 0.4) is 0 Å².